The average molecular weight is 515 g/mol. The molecule has 0 bridgehead atoms. The number of aryl methyl sites for hydroxylation is 2. The highest BCUT2D eigenvalue weighted by Gasteiger charge is 2.44. The fraction of sp³-hybridized carbons (Fsp3) is 0.593. The van der Waals surface area contributed by atoms with E-state index >= 15 is 0 Å². The van der Waals surface area contributed by atoms with Gasteiger partial charge in [0.1, 0.15) is 17.7 Å². The maximum atomic E-state index is 13.3. The third-order valence-electron chi connectivity index (χ3n) is 6.74. The van der Waals surface area contributed by atoms with E-state index in [2.05, 4.69) is 60.5 Å². The number of allylic oxidation sites excluding steroid dienone is 1. The molecule has 36 heavy (non-hydrogen) atoms. The molecule has 2 N–H and O–H groups in total. The number of hydrogen-bond acceptors (Lipinski definition) is 7. The Balaban J connectivity index is 1.43. The number of hydrazone groups is 1. The molecule has 0 saturated carbocycles. The first-order valence-corrected chi connectivity index (χ1v) is 13.2. The van der Waals surface area contributed by atoms with Gasteiger partial charge in [-0.1, -0.05) is 30.4 Å². The summed E-state index contributed by atoms with van der Waals surface area (Å²) in [6.07, 6.45) is 5.80. The maximum Gasteiger partial charge on any atom is 0.411 e. The molecule has 0 radical (unpaired) electrons. The van der Waals surface area contributed by atoms with Gasteiger partial charge in [-0.15, -0.1) is 5.10 Å². The summed E-state index contributed by atoms with van der Waals surface area (Å²) in [5.74, 6) is 0.384. The molecule has 8 nitrogen and oxygen atoms in total. The minimum Gasteiger partial charge on any atom is -0.474 e. The lowest BCUT2D eigenvalue weighted by Crippen LogP contribution is -2.50. The van der Waals surface area contributed by atoms with Gasteiger partial charge in [0.2, 0.25) is 11.8 Å². The number of carbonyl (C=O) groups is 2. The monoisotopic (exact) mass is 514 g/mol. The lowest BCUT2D eigenvalue weighted by molar-refractivity contribution is -0.126. The minimum atomic E-state index is -0.678. The number of amides is 2. The van der Waals surface area contributed by atoms with E-state index in [1.807, 2.05) is 32.9 Å². The molecule has 1 fully saturated rings. The Bertz CT molecular complexity index is 1030. The number of nitrogens with zero attached hydrogens (tertiary/aromatic N) is 2. The van der Waals surface area contributed by atoms with Crippen molar-refractivity contribution in [2.75, 3.05) is 6.54 Å². The highest BCUT2D eigenvalue weighted by atomic mass is 32.1. The molecule has 4 rings (SSSR count). The van der Waals surface area contributed by atoms with E-state index in [-0.39, 0.29) is 35.9 Å². The van der Waals surface area contributed by atoms with E-state index in [1.54, 1.807) is 0 Å². The third-order valence-corrected chi connectivity index (χ3v) is 7.16. The molecule has 2 unspecified atom stereocenters. The van der Waals surface area contributed by atoms with Crippen LogP contribution >= 0.6 is 12.6 Å². The van der Waals surface area contributed by atoms with Gasteiger partial charge in [-0.05, 0) is 64.2 Å². The zero-order chi connectivity index (χ0) is 26.0. The molecule has 0 spiro atoms. The third kappa shape index (κ3) is 6.35. The van der Waals surface area contributed by atoms with Gasteiger partial charge in [0.15, 0.2) is 0 Å². The van der Waals surface area contributed by atoms with Crippen molar-refractivity contribution in [3.8, 4) is 0 Å². The molecule has 1 aliphatic carbocycles. The molecule has 2 heterocycles. The predicted octanol–water partition coefficient (Wildman–Crippen LogP) is 4.18. The summed E-state index contributed by atoms with van der Waals surface area (Å²) in [6, 6.07) is 5.50. The number of rotatable bonds is 4. The highest BCUT2D eigenvalue weighted by Crippen LogP contribution is 2.30. The first-order chi connectivity index (χ1) is 17.0. The Morgan fingerprint density at radius 1 is 1.19 bits per heavy atom. The van der Waals surface area contributed by atoms with Crippen LogP contribution in [0, 0.1) is 13.8 Å². The topological polar surface area (TPSA) is 92.3 Å². The van der Waals surface area contributed by atoms with Crippen LogP contribution in [0.3, 0.4) is 0 Å². The first-order valence-electron chi connectivity index (χ1n) is 12.7. The van der Waals surface area contributed by atoms with Crippen molar-refractivity contribution in [2.45, 2.75) is 95.4 Å². The second-order valence-electron chi connectivity index (χ2n) is 11.0. The number of nitrogens with one attached hydrogen (secondary N) is 2. The number of likely N-dealkylation sites (tertiary alicyclic amines) is 1. The molecule has 5 atom stereocenters. The molecular formula is C27H38N4O4S. The molecule has 3 aliphatic rings. The fourth-order valence-corrected chi connectivity index (χ4v) is 5.48. The lowest BCUT2D eigenvalue weighted by Gasteiger charge is -2.29. The van der Waals surface area contributed by atoms with E-state index in [9.17, 15) is 9.59 Å². The van der Waals surface area contributed by atoms with Crippen LogP contribution in [0.2, 0.25) is 0 Å². The van der Waals surface area contributed by atoms with Crippen molar-refractivity contribution >= 4 is 30.5 Å². The zero-order valence-electron chi connectivity index (χ0n) is 21.8. The Labute approximate surface area is 219 Å². The van der Waals surface area contributed by atoms with Crippen molar-refractivity contribution in [2.24, 2.45) is 5.10 Å². The number of benzene rings is 1. The molecule has 1 saturated heterocycles. The molecule has 2 aliphatic heterocycles. The summed E-state index contributed by atoms with van der Waals surface area (Å²) >= 11 is 4.55. The van der Waals surface area contributed by atoms with Crippen LogP contribution in [0.15, 0.2) is 35.5 Å². The smallest absolute Gasteiger partial charge is 0.411 e. The quantitative estimate of drug-likeness (QED) is 0.414. The number of ether oxygens (including phenoxy) is 2. The van der Waals surface area contributed by atoms with Gasteiger partial charge in [0.25, 0.3) is 0 Å². The molecule has 2 amide bonds. The van der Waals surface area contributed by atoms with Crippen LogP contribution in [0.5, 0.6) is 0 Å². The standard InChI is InChI=1S/C27H38N4O4S/c1-16-8-6-9-17(2)24(16)21-14-23(30-29-21)34-19-13-22(31(15-19)26(33)35-27(3,4)5)25(32)28-18-10-7-11-20(36)12-18/h6-10,18-22,29,36H,11-15H2,1-5H3,(H,28,32)/t18?,19-,20+,21?,22-/m1/s1. The molecule has 1 aromatic rings. The van der Waals surface area contributed by atoms with Gasteiger partial charge in [-0.3, -0.25) is 15.1 Å². The summed E-state index contributed by atoms with van der Waals surface area (Å²) in [5.41, 5.74) is 6.17. The second-order valence-corrected chi connectivity index (χ2v) is 11.7. The van der Waals surface area contributed by atoms with Crippen molar-refractivity contribution in [3.05, 3.63) is 47.0 Å². The zero-order valence-corrected chi connectivity index (χ0v) is 22.7. The normalized spacial score (nSPS) is 27.9. The van der Waals surface area contributed by atoms with E-state index in [0.717, 1.165) is 12.8 Å². The molecular weight excluding hydrogens is 476 g/mol. The van der Waals surface area contributed by atoms with Crippen molar-refractivity contribution in [3.63, 3.8) is 0 Å². The van der Waals surface area contributed by atoms with E-state index in [1.165, 1.54) is 21.6 Å². The van der Waals surface area contributed by atoms with Crippen molar-refractivity contribution in [1.29, 1.82) is 0 Å². The minimum absolute atomic E-state index is 0.0379. The van der Waals surface area contributed by atoms with Crippen LogP contribution in [-0.4, -0.2) is 58.4 Å². The summed E-state index contributed by atoms with van der Waals surface area (Å²) in [6.45, 7) is 9.90. The number of thiol groups is 1. The first kappa shape index (κ1) is 26.4. The van der Waals surface area contributed by atoms with Crippen LogP contribution in [-0.2, 0) is 14.3 Å². The predicted molar refractivity (Wildman–Crippen MR) is 143 cm³/mol. The van der Waals surface area contributed by atoms with Gasteiger partial charge in [-0.25, -0.2) is 4.79 Å². The molecule has 1 aromatic carbocycles. The molecule has 9 heteroatoms. The van der Waals surface area contributed by atoms with Gasteiger partial charge in [0, 0.05) is 17.7 Å². The number of hydrogen-bond donors (Lipinski definition) is 3. The van der Waals surface area contributed by atoms with Crippen LogP contribution in [0.25, 0.3) is 0 Å². The summed E-state index contributed by atoms with van der Waals surface area (Å²) in [5, 5.41) is 7.71. The van der Waals surface area contributed by atoms with Crippen LogP contribution < -0.4 is 10.7 Å². The van der Waals surface area contributed by atoms with Gasteiger partial charge in [-0.2, -0.15) is 12.6 Å². The largest absolute Gasteiger partial charge is 0.474 e. The Kier molecular flexibility index (Phi) is 7.87. The Morgan fingerprint density at radius 2 is 1.92 bits per heavy atom. The fourth-order valence-electron chi connectivity index (χ4n) is 5.13. The SMILES string of the molecule is Cc1cccc(C)c1C1CC(O[C@@H]2C[C@H](C(=O)NC3C=CC[C@H](S)C3)N(C(=O)OC(C)(C)C)C2)=NN1. The lowest BCUT2D eigenvalue weighted by atomic mass is 9.95. The molecule has 196 valence electrons. The van der Waals surface area contributed by atoms with Crippen molar-refractivity contribution in [1.82, 2.24) is 15.6 Å². The van der Waals surface area contributed by atoms with Crippen LogP contribution in [0.4, 0.5) is 4.79 Å². The average Bonchev–Trinajstić information content (AvgIpc) is 3.40. The van der Waals surface area contributed by atoms with E-state index in [4.69, 9.17) is 9.47 Å². The van der Waals surface area contributed by atoms with Gasteiger partial charge < -0.3 is 14.8 Å². The molecule has 0 aromatic heterocycles. The van der Waals surface area contributed by atoms with Gasteiger partial charge >= 0.3 is 6.09 Å². The summed E-state index contributed by atoms with van der Waals surface area (Å²) < 4.78 is 11.8. The Hall–Kier alpha value is -2.68. The maximum absolute atomic E-state index is 13.3. The number of carbonyl (C=O) groups excluding carboxylic acids is 2. The van der Waals surface area contributed by atoms with E-state index < -0.39 is 17.7 Å². The van der Waals surface area contributed by atoms with E-state index in [0.29, 0.717) is 18.7 Å². The summed E-state index contributed by atoms with van der Waals surface area (Å²) in [4.78, 5) is 27.8. The second kappa shape index (κ2) is 10.7. The van der Waals surface area contributed by atoms with Crippen LogP contribution in [0.1, 0.15) is 69.2 Å². The summed E-state index contributed by atoms with van der Waals surface area (Å²) in [7, 11) is 0. The van der Waals surface area contributed by atoms with Crippen molar-refractivity contribution < 1.29 is 19.1 Å². The Morgan fingerprint density at radius 3 is 2.58 bits per heavy atom. The van der Waals surface area contributed by atoms with Gasteiger partial charge in [0.05, 0.1) is 19.0 Å². The highest BCUT2D eigenvalue weighted by molar-refractivity contribution is 7.80.